The molecule has 0 atom stereocenters. The van der Waals surface area contributed by atoms with Crippen LogP contribution >= 0.6 is 11.6 Å². The van der Waals surface area contributed by atoms with Gasteiger partial charge >= 0.3 is 5.97 Å². The van der Waals surface area contributed by atoms with E-state index in [1.165, 1.54) is 7.11 Å². The quantitative estimate of drug-likeness (QED) is 0.592. The first kappa shape index (κ1) is 15.7. The van der Waals surface area contributed by atoms with E-state index >= 15 is 0 Å². The third-order valence-electron chi connectivity index (χ3n) is 2.88. The molecule has 0 spiro atoms. The predicted molar refractivity (Wildman–Crippen MR) is 78.2 cm³/mol. The molecule has 0 saturated heterocycles. The summed E-state index contributed by atoms with van der Waals surface area (Å²) >= 11 is 6.12. The molecular weight excluding hydrogens is 262 g/mol. The zero-order valence-corrected chi connectivity index (χ0v) is 12.4. The Morgan fingerprint density at radius 1 is 1.42 bits per heavy atom. The topological polar surface area (TPSA) is 29.5 Å². The van der Waals surface area contributed by atoms with Crippen LogP contribution in [0.2, 0.25) is 5.02 Å². The first-order valence-electron chi connectivity index (χ1n) is 6.27. The maximum absolute atomic E-state index is 11.4. The Balaban J connectivity index is 2.60. The average Bonchev–Trinajstić information content (AvgIpc) is 2.41. The van der Waals surface area contributed by atoms with Gasteiger partial charge in [0, 0.05) is 23.7 Å². The van der Waals surface area contributed by atoms with Crippen LogP contribution in [0.1, 0.15) is 18.9 Å². The Bertz CT molecular complexity index is 457. The molecule has 0 radical (unpaired) electrons. The van der Waals surface area contributed by atoms with Gasteiger partial charge in [0.1, 0.15) is 0 Å². The maximum Gasteiger partial charge on any atom is 0.333 e. The molecule has 0 aliphatic heterocycles. The number of hydrogen-bond donors (Lipinski definition) is 0. The van der Waals surface area contributed by atoms with Gasteiger partial charge in [0.15, 0.2) is 0 Å². The van der Waals surface area contributed by atoms with Gasteiger partial charge in [-0.05, 0) is 25.1 Å². The fourth-order valence-electron chi connectivity index (χ4n) is 1.75. The zero-order valence-electron chi connectivity index (χ0n) is 11.6. The molecule has 1 rings (SSSR count). The Kier molecular flexibility index (Phi) is 6.60. The highest BCUT2D eigenvalue weighted by atomic mass is 35.5. The van der Waals surface area contributed by atoms with Crippen LogP contribution in [0.4, 0.5) is 0 Å². The molecule has 0 aliphatic rings. The standard InChI is InChI=1S/C15H20ClNO2/c1-4-12(15(18)19-3)9-10-17(2)11-13-7-5-6-8-14(13)16/h5-9H,4,10-11H2,1-3H3. The molecule has 4 heteroatoms. The summed E-state index contributed by atoms with van der Waals surface area (Å²) in [7, 11) is 3.39. The lowest BCUT2D eigenvalue weighted by Gasteiger charge is -2.16. The van der Waals surface area contributed by atoms with Crippen molar-refractivity contribution in [2.75, 3.05) is 20.7 Å². The molecule has 19 heavy (non-hydrogen) atoms. The fourth-order valence-corrected chi connectivity index (χ4v) is 1.95. The van der Waals surface area contributed by atoms with Crippen LogP contribution in [-0.2, 0) is 16.1 Å². The summed E-state index contributed by atoms with van der Waals surface area (Å²) < 4.78 is 4.73. The highest BCUT2D eigenvalue weighted by Gasteiger charge is 2.08. The minimum absolute atomic E-state index is 0.256. The van der Waals surface area contributed by atoms with Gasteiger partial charge in [-0.3, -0.25) is 4.90 Å². The first-order valence-corrected chi connectivity index (χ1v) is 6.65. The van der Waals surface area contributed by atoms with Crippen molar-refractivity contribution < 1.29 is 9.53 Å². The van der Waals surface area contributed by atoms with Gasteiger partial charge in [-0.1, -0.05) is 42.8 Å². The van der Waals surface area contributed by atoms with Crippen LogP contribution in [0.15, 0.2) is 35.9 Å². The van der Waals surface area contributed by atoms with Gasteiger partial charge < -0.3 is 4.74 Å². The van der Waals surface area contributed by atoms with Gasteiger partial charge in [-0.15, -0.1) is 0 Å². The lowest BCUT2D eigenvalue weighted by atomic mass is 10.2. The van der Waals surface area contributed by atoms with E-state index in [0.717, 1.165) is 17.1 Å². The number of hydrogen-bond acceptors (Lipinski definition) is 3. The number of methoxy groups -OCH3 is 1. The summed E-state index contributed by atoms with van der Waals surface area (Å²) in [4.78, 5) is 13.5. The van der Waals surface area contributed by atoms with Crippen molar-refractivity contribution in [2.24, 2.45) is 0 Å². The number of nitrogens with zero attached hydrogens (tertiary/aromatic N) is 1. The number of esters is 1. The summed E-state index contributed by atoms with van der Waals surface area (Å²) in [5, 5.41) is 0.766. The molecule has 0 N–H and O–H groups in total. The van der Waals surface area contributed by atoms with Crippen LogP contribution in [0, 0.1) is 0 Å². The molecule has 0 heterocycles. The van der Waals surface area contributed by atoms with Crippen molar-refractivity contribution in [2.45, 2.75) is 19.9 Å². The van der Waals surface area contributed by atoms with E-state index in [0.29, 0.717) is 18.5 Å². The lowest BCUT2D eigenvalue weighted by molar-refractivity contribution is -0.136. The number of carbonyl (C=O) groups excluding carboxylic acids is 1. The van der Waals surface area contributed by atoms with Gasteiger partial charge in [-0.2, -0.15) is 0 Å². The molecule has 1 aromatic rings. The van der Waals surface area contributed by atoms with Crippen LogP contribution < -0.4 is 0 Å². The third-order valence-corrected chi connectivity index (χ3v) is 3.24. The van der Waals surface area contributed by atoms with Gasteiger partial charge in [0.2, 0.25) is 0 Å². The number of halogens is 1. The summed E-state index contributed by atoms with van der Waals surface area (Å²) in [6, 6.07) is 7.77. The van der Waals surface area contributed by atoms with E-state index < -0.39 is 0 Å². The molecule has 0 aromatic heterocycles. The number of carbonyl (C=O) groups is 1. The summed E-state index contributed by atoms with van der Waals surface area (Å²) in [6.07, 6.45) is 2.58. The SMILES string of the molecule is CCC(=CCN(C)Cc1ccccc1Cl)C(=O)OC. The van der Waals surface area contributed by atoms with Crippen molar-refractivity contribution in [3.63, 3.8) is 0 Å². The van der Waals surface area contributed by atoms with Crippen LogP contribution in [0.3, 0.4) is 0 Å². The largest absolute Gasteiger partial charge is 0.466 e. The van der Waals surface area contributed by atoms with E-state index in [2.05, 4.69) is 4.90 Å². The number of benzene rings is 1. The molecule has 0 aliphatic carbocycles. The molecule has 1 aromatic carbocycles. The molecule has 104 valence electrons. The van der Waals surface area contributed by atoms with Gasteiger partial charge in [-0.25, -0.2) is 4.79 Å². The molecule has 0 fully saturated rings. The van der Waals surface area contributed by atoms with Crippen molar-refractivity contribution >= 4 is 17.6 Å². The minimum atomic E-state index is -0.256. The molecule has 0 saturated carbocycles. The summed E-state index contributed by atoms with van der Waals surface area (Å²) in [5.74, 6) is -0.256. The van der Waals surface area contributed by atoms with Crippen LogP contribution in [-0.4, -0.2) is 31.6 Å². The minimum Gasteiger partial charge on any atom is -0.466 e. The molecule has 0 unspecified atom stereocenters. The second-order valence-electron chi connectivity index (χ2n) is 4.36. The molecule has 0 amide bonds. The average molecular weight is 282 g/mol. The highest BCUT2D eigenvalue weighted by Crippen LogP contribution is 2.16. The van der Waals surface area contributed by atoms with Crippen molar-refractivity contribution in [3.8, 4) is 0 Å². The zero-order chi connectivity index (χ0) is 14.3. The highest BCUT2D eigenvalue weighted by molar-refractivity contribution is 6.31. The Morgan fingerprint density at radius 3 is 2.68 bits per heavy atom. The van der Waals surface area contributed by atoms with E-state index in [-0.39, 0.29) is 5.97 Å². The molecule has 0 bridgehead atoms. The van der Waals surface area contributed by atoms with Crippen LogP contribution in [0.5, 0.6) is 0 Å². The number of ether oxygens (including phenoxy) is 1. The van der Waals surface area contributed by atoms with Crippen molar-refractivity contribution in [1.29, 1.82) is 0 Å². The van der Waals surface area contributed by atoms with E-state index in [1.54, 1.807) is 0 Å². The van der Waals surface area contributed by atoms with E-state index in [4.69, 9.17) is 16.3 Å². The second kappa shape index (κ2) is 7.97. The Morgan fingerprint density at radius 2 is 2.11 bits per heavy atom. The maximum atomic E-state index is 11.4. The van der Waals surface area contributed by atoms with Gasteiger partial charge in [0.25, 0.3) is 0 Å². The lowest BCUT2D eigenvalue weighted by Crippen LogP contribution is -2.19. The summed E-state index contributed by atoms with van der Waals surface area (Å²) in [6.45, 7) is 3.37. The van der Waals surface area contributed by atoms with E-state index in [1.807, 2.05) is 44.3 Å². The third kappa shape index (κ3) is 5.05. The Hall–Kier alpha value is -1.32. The first-order chi connectivity index (χ1) is 9.08. The van der Waals surface area contributed by atoms with E-state index in [9.17, 15) is 4.79 Å². The Labute approximate surface area is 119 Å². The predicted octanol–water partition coefficient (Wildman–Crippen LogP) is 3.28. The number of likely N-dealkylation sites (N-methyl/N-ethyl adjacent to an activating group) is 1. The molecule has 3 nitrogen and oxygen atoms in total. The van der Waals surface area contributed by atoms with Crippen molar-refractivity contribution in [3.05, 3.63) is 46.5 Å². The summed E-state index contributed by atoms with van der Waals surface area (Å²) in [5.41, 5.74) is 1.78. The number of rotatable bonds is 6. The molecular formula is C15H20ClNO2. The normalized spacial score (nSPS) is 11.7. The van der Waals surface area contributed by atoms with Crippen molar-refractivity contribution in [1.82, 2.24) is 4.90 Å². The fraction of sp³-hybridized carbons (Fsp3) is 0.400. The smallest absolute Gasteiger partial charge is 0.333 e. The second-order valence-corrected chi connectivity index (χ2v) is 4.77. The van der Waals surface area contributed by atoms with Crippen LogP contribution in [0.25, 0.3) is 0 Å². The monoisotopic (exact) mass is 281 g/mol. The van der Waals surface area contributed by atoms with Gasteiger partial charge in [0.05, 0.1) is 7.11 Å².